The van der Waals surface area contributed by atoms with Gasteiger partial charge in [0.1, 0.15) is 11.4 Å². The Balaban J connectivity index is 1.46. The molecule has 0 saturated heterocycles. The van der Waals surface area contributed by atoms with Gasteiger partial charge in [0.15, 0.2) is 11.5 Å². The normalized spacial score (nSPS) is 14.3. The van der Waals surface area contributed by atoms with Gasteiger partial charge in [0.2, 0.25) is 0 Å². The maximum atomic E-state index is 14.1. The second-order valence-corrected chi connectivity index (χ2v) is 9.74. The maximum absolute atomic E-state index is 14.1. The average molecular weight is 518 g/mol. The third-order valence-corrected chi connectivity index (χ3v) is 7.09. The van der Waals surface area contributed by atoms with Gasteiger partial charge >= 0.3 is 0 Å². The molecule has 9 nitrogen and oxygen atoms in total. The van der Waals surface area contributed by atoms with Crippen molar-refractivity contribution < 1.29 is 4.79 Å². The predicted molar refractivity (Wildman–Crippen MR) is 149 cm³/mol. The number of carbonyl (C=O) groups excluding carboxylic acids is 1. The molecule has 3 N–H and O–H groups in total. The second-order valence-electron chi connectivity index (χ2n) is 9.74. The molecule has 5 aromatic rings. The van der Waals surface area contributed by atoms with Crippen LogP contribution in [0.2, 0.25) is 0 Å². The minimum absolute atomic E-state index is 0.0656. The number of nitrogens with zero attached hydrogens (tertiary/aromatic N) is 5. The van der Waals surface area contributed by atoms with Crippen LogP contribution >= 0.6 is 0 Å². The van der Waals surface area contributed by atoms with E-state index in [1.54, 1.807) is 36.0 Å². The topological polar surface area (TPSA) is 120 Å². The number of anilines is 1. The van der Waals surface area contributed by atoms with E-state index < -0.39 is 11.9 Å². The van der Waals surface area contributed by atoms with E-state index >= 15 is 0 Å². The molecule has 6 rings (SSSR count). The number of para-hydroxylation sites is 1. The van der Waals surface area contributed by atoms with Crippen molar-refractivity contribution in [2.45, 2.75) is 38.6 Å². The lowest BCUT2D eigenvalue weighted by Crippen LogP contribution is -2.33. The molecule has 1 saturated carbocycles. The highest BCUT2D eigenvalue weighted by atomic mass is 16.2. The Morgan fingerprint density at radius 2 is 1.90 bits per heavy atom. The zero-order chi connectivity index (χ0) is 26.9. The number of fused-ring (bicyclic) bond motifs is 2. The van der Waals surface area contributed by atoms with Gasteiger partial charge in [0.25, 0.3) is 11.5 Å². The Hall–Kier alpha value is -4.97. The van der Waals surface area contributed by atoms with Gasteiger partial charge < -0.3 is 11.1 Å². The summed E-state index contributed by atoms with van der Waals surface area (Å²) in [5.41, 5.74) is 8.17. The van der Waals surface area contributed by atoms with Gasteiger partial charge in [0.05, 0.1) is 22.6 Å². The summed E-state index contributed by atoms with van der Waals surface area (Å²) in [5.74, 6) is 6.99. The highest BCUT2D eigenvalue weighted by Crippen LogP contribution is 2.25. The first-order valence-electron chi connectivity index (χ1n) is 13.0. The third kappa shape index (κ3) is 4.50. The molecule has 39 heavy (non-hydrogen) atoms. The second kappa shape index (κ2) is 10.1. The fraction of sp³-hybridized carbons (Fsp3) is 0.233. The van der Waals surface area contributed by atoms with Crippen LogP contribution in [0.15, 0.2) is 71.8 Å². The number of hydrogen-bond acceptors (Lipinski definition) is 6. The number of rotatable bonds is 4. The zero-order valence-corrected chi connectivity index (χ0v) is 21.5. The number of aromatic nitrogens is 5. The largest absolute Gasteiger partial charge is 0.381 e. The van der Waals surface area contributed by atoms with Crippen molar-refractivity contribution >= 4 is 28.3 Å². The molecule has 194 valence electrons. The molecule has 1 aliphatic carbocycles. The number of amides is 1. The summed E-state index contributed by atoms with van der Waals surface area (Å²) in [6.45, 7) is 1.78. The molecule has 0 bridgehead atoms. The van der Waals surface area contributed by atoms with Crippen molar-refractivity contribution in [2.75, 3.05) is 5.73 Å². The molecule has 0 aliphatic heterocycles. The molecule has 1 amide bonds. The van der Waals surface area contributed by atoms with E-state index in [0.717, 1.165) is 12.8 Å². The van der Waals surface area contributed by atoms with Gasteiger partial charge in [-0.1, -0.05) is 48.9 Å². The Morgan fingerprint density at radius 3 is 2.69 bits per heavy atom. The summed E-state index contributed by atoms with van der Waals surface area (Å²) >= 11 is 0. The third-order valence-electron chi connectivity index (χ3n) is 7.09. The van der Waals surface area contributed by atoms with E-state index in [9.17, 15) is 9.59 Å². The summed E-state index contributed by atoms with van der Waals surface area (Å²) in [7, 11) is 0. The fourth-order valence-electron chi connectivity index (χ4n) is 5.17. The van der Waals surface area contributed by atoms with E-state index in [0.29, 0.717) is 39.5 Å². The van der Waals surface area contributed by atoms with E-state index in [1.165, 1.54) is 17.4 Å². The number of nitrogens with one attached hydrogen (secondary N) is 1. The Morgan fingerprint density at radius 1 is 1.10 bits per heavy atom. The molecular weight excluding hydrogens is 490 g/mol. The van der Waals surface area contributed by atoms with Gasteiger partial charge in [-0.2, -0.15) is 0 Å². The molecule has 3 aromatic heterocycles. The molecule has 1 unspecified atom stereocenters. The van der Waals surface area contributed by atoms with Crippen molar-refractivity contribution in [1.29, 1.82) is 0 Å². The van der Waals surface area contributed by atoms with E-state index in [-0.39, 0.29) is 16.9 Å². The lowest BCUT2D eigenvalue weighted by molar-refractivity contribution is 0.0940. The van der Waals surface area contributed by atoms with Crippen LogP contribution in [0.3, 0.4) is 0 Å². The summed E-state index contributed by atoms with van der Waals surface area (Å²) in [4.78, 5) is 36.6. The van der Waals surface area contributed by atoms with Crippen LogP contribution in [-0.4, -0.2) is 30.1 Å². The molecule has 1 aliphatic rings. The number of hydrogen-bond donors (Lipinski definition) is 2. The van der Waals surface area contributed by atoms with Crippen molar-refractivity contribution in [3.8, 4) is 17.5 Å². The summed E-state index contributed by atoms with van der Waals surface area (Å²) in [5, 5.41) is 7.59. The molecule has 1 fully saturated rings. The van der Waals surface area contributed by atoms with E-state index in [2.05, 4.69) is 27.2 Å². The van der Waals surface area contributed by atoms with Crippen molar-refractivity contribution in [2.24, 2.45) is 5.92 Å². The standard InChI is InChI=1S/C30H27N7O2/c1-19(33-29(38)25-26(31)35-36-18-8-17-32-28(25)36)27-34-23-14-7-11-21(16-15-20-9-5-6-10-20)24(23)30(39)37(27)22-12-3-2-4-13-22/h2-4,7-8,11-14,17-20H,5-6,9-10H2,1H3,(H2,31,35)(H,33,38). The monoisotopic (exact) mass is 517 g/mol. The first kappa shape index (κ1) is 24.4. The number of carbonyl (C=O) groups is 1. The lowest BCUT2D eigenvalue weighted by Gasteiger charge is -2.20. The van der Waals surface area contributed by atoms with Crippen LogP contribution in [0.5, 0.6) is 0 Å². The lowest BCUT2D eigenvalue weighted by atomic mass is 10.1. The van der Waals surface area contributed by atoms with Crippen molar-refractivity contribution in [3.05, 3.63) is 94.3 Å². The van der Waals surface area contributed by atoms with Gasteiger partial charge in [0, 0.05) is 23.9 Å². The fourth-order valence-corrected chi connectivity index (χ4v) is 5.17. The van der Waals surface area contributed by atoms with Crippen LogP contribution in [0.25, 0.3) is 22.2 Å². The highest BCUT2D eigenvalue weighted by molar-refractivity contribution is 6.04. The van der Waals surface area contributed by atoms with E-state index in [1.807, 2.05) is 42.5 Å². The maximum Gasteiger partial charge on any atom is 0.267 e. The average Bonchev–Trinajstić information content (AvgIpc) is 3.59. The molecule has 9 heteroatoms. The molecular formula is C30H27N7O2. The molecule has 3 heterocycles. The number of nitrogen functional groups attached to an aromatic ring is 1. The van der Waals surface area contributed by atoms with Crippen LogP contribution in [0.4, 0.5) is 5.82 Å². The number of nitrogens with two attached hydrogens (primary N) is 1. The summed E-state index contributed by atoms with van der Waals surface area (Å²) in [6, 6.07) is 15.9. The summed E-state index contributed by atoms with van der Waals surface area (Å²) < 4.78 is 3.00. The Kier molecular flexibility index (Phi) is 6.29. The quantitative estimate of drug-likeness (QED) is 0.347. The van der Waals surface area contributed by atoms with Gasteiger partial charge in [-0.05, 0) is 50.1 Å². The molecule has 2 aromatic carbocycles. The van der Waals surface area contributed by atoms with Gasteiger partial charge in [-0.3, -0.25) is 14.2 Å². The Labute approximate surface area is 224 Å². The van der Waals surface area contributed by atoms with Crippen molar-refractivity contribution in [3.63, 3.8) is 0 Å². The smallest absolute Gasteiger partial charge is 0.267 e. The zero-order valence-electron chi connectivity index (χ0n) is 21.5. The minimum Gasteiger partial charge on any atom is -0.381 e. The van der Waals surface area contributed by atoms with Crippen molar-refractivity contribution in [1.82, 2.24) is 29.5 Å². The summed E-state index contributed by atoms with van der Waals surface area (Å²) in [6.07, 6.45) is 7.82. The first-order chi connectivity index (χ1) is 19.0. The van der Waals surface area contributed by atoms with E-state index in [4.69, 9.17) is 10.7 Å². The highest BCUT2D eigenvalue weighted by Gasteiger charge is 2.25. The van der Waals surface area contributed by atoms with Crippen LogP contribution < -0.4 is 16.6 Å². The first-order valence-corrected chi connectivity index (χ1v) is 13.0. The van der Waals surface area contributed by atoms with Gasteiger partial charge in [-0.15, -0.1) is 5.10 Å². The van der Waals surface area contributed by atoms with Crippen LogP contribution in [0.1, 0.15) is 60.4 Å². The SMILES string of the molecule is CC(NC(=O)c1c(N)nn2cccnc12)c1nc2cccc(C#CC3CCCC3)c2c(=O)n1-c1ccccc1. The number of benzene rings is 2. The molecule has 1 atom stereocenters. The van der Waals surface area contributed by atoms with Gasteiger partial charge in [-0.25, -0.2) is 14.5 Å². The minimum atomic E-state index is -0.652. The van der Waals surface area contributed by atoms with Crippen LogP contribution in [0, 0.1) is 17.8 Å². The molecule has 0 spiro atoms. The molecule has 0 radical (unpaired) electrons. The Bertz CT molecular complexity index is 1820. The van der Waals surface area contributed by atoms with Crippen LogP contribution in [-0.2, 0) is 0 Å². The predicted octanol–water partition coefficient (Wildman–Crippen LogP) is 4.04.